The highest BCUT2D eigenvalue weighted by atomic mass is 16.5. The van der Waals surface area contributed by atoms with E-state index in [9.17, 15) is 0 Å². The van der Waals surface area contributed by atoms with Gasteiger partial charge in [0.15, 0.2) is 0 Å². The van der Waals surface area contributed by atoms with Gasteiger partial charge in [-0.05, 0) is 79.7 Å². The minimum Gasteiger partial charge on any atom is -0.477 e. The Bertz CT molecular complexity index is 1080. The number of nitrogens with zero attached hydrogens (tertiary/aromatic N) is 3. The largest absolute Gasteiger partial charge is 0.477 e. The molecular formula is C26H29N3O. The van der Waals surface area contributed by atoms with Crippen LogP contribution >= 0.6 is 0 Å². The van der Waals surface area contributed by atoms with Gasteiger partial charge in [-0.1, -0.05) is 48.5 Å². The molecular weight excluding hydrogens is 370 g/mol. The Hall–Kier alpha value is -2.85. The average Bonchev–Trinajstić information content (AvgIpc) is 3.22. The van der Waals surface area contributed by atoms with Gasteiger partial charge in [0.05, 0.1) is 12.1 Å². The maximum atomic E-state index is 5.84. The molecule has 0 N–H and O–H groups in total. The van der Waals surface area contributed by atoms with E-state index in [1.165, 1.54) is 55.2 Å². The zero-order valence-electron chi connectivity index (χ0n) is 17.4. The number of pyridine rings is 1. The molecule has 0 radical (unpaired) electrons. The highest BCUT2D eigenvalue weighted by Crippen LogP contribution is 2.30. The quantitative estimate of drug-likeness (QED) is 0.383. The lowest BCUT2D eigenvalue weighted by atomic mass is 9.88. The van der Waals surface area contributed by atoms with Crippen molar-refractivity contribution in [3.8, 4) is 5.88 Å². The highest BCUT2D eigenvalue weighted by Gasteiger charge is 2.20. The molecule has 5 rings (SSSR count). The summed E-state index contributed by atoms with van der Waals surface area (Å²) >= 11 is 0. The van der Waals surface area contributed by atoms with Crippen LogP contribution in [-0.2, 0) is 0 Å². The van der Waals surface area contributed by atoms with Crippen molar-refractivity contribution in [3.05, 3.63) is 78.5 Å². The van der Waals surface area contributed by atoms with Crippen LogP contribution in [0.3, 0.4) is 0 Å². The first-order valence-corrected chi connectivity index (χ1v) is 11.1. The molecule has 0 bridgehead atoms. The van der Waals surface area contributed by atoms with E-state index < -0.39 is 0 Å². The van der Waals surface area contributed by atoms with Gasteiger partial charge in [-0.15, -0.1) is 5.10 Å². The average molecular weight is 400 g/mol. The lowest BCUT2D eigenvalue weighted by Crippen LogP contribution is -2.33. The molecule has 4 aromatic rings. The lowest BCUT2D eigenvalue weighted by Gasteiger charge is -2.32. The van der Waals surface area contributed by atoms with Crippen LogP contribution in [0.4, 0.5) is 0 Å². The number of hydrogen-bond acceptors (Lipinski definition) is 3. The number of aromatic nitrogens is 2. The lowest BCUT2D eigenvalue weighted by molar-refractivity contribution is 0.201. The van der Waals surface area contributed by atoms with Gasteiger partial charge in [0.1, 0.15) is 0 Å². The van der Waals surface area contributed by atoms with Gasteiger partial charge in [0.25, 0.3) is 0 Å². The minimum absolute atomic E-state index is 0.698. The van der Waals surface area contributed by atoms with E-state index in [-0.39, 0.29) is 0 Å². The number of hydrogen-bond donors (Lipinski definition) is 0. The second-order valence-electron chi connectivity index (χ2n) is 8.33. The summed E-state index contributed by atoms with van der Waals surface area (Å²) in [5.41, 5.74) is 2.58. The Balaban J connectivity index is 1.04. The maximum absolute atomic E-state index is 5.84. The zero-order chi connectivity index (χ0) is 20.2. The van der Waals surface area contributed by atoms with Gasteiger partial charge in [0, 0.05) is 12.3 Å². The predicted octanol–water partition coefficient (Wildman–Crippen LogP) is 5.53. The summed E-state index contributed by atoms with van der Waals surface area (Å²) in [5, 5.41) is 7.14. The summed E-state index contributed by atoms with van der Waals surface area (Å²) < 4.78 is 7.70. The van der Waals surface area contributed by atoms with Crippen molar-refractivity contribution < 1.29 is 4.74 Å². The van der Waals surface area contributed by atoms with Gasteiger partial charge in [-0.3, -0.25) is 0 Å². The van der Waals surface area contributed by atoms with Crippen molar-refractivity contribution >= 4 is 16.3 Å². The number of likely N-dealkylation sites (tertiary alicyclic amines) is 1. The fourth-order valence-electron chi connectivity index (χ4n) is 4.55. The van der Waals surface area contributed by atoms with E-state index in [1.807, 2.05) is 35.0 Å². The van der Waals surface area contributed by atoms with E-state index in [2.05, 4.69) is 52.5 Å². The summed E-state index contributed by atoms with van der Waals surface area (Å²) in [6, 6.07) is 23.7. The van der Waals surface area contributed by atoms with Gasteiger partial charge in [-0.2, -0.15) is 0 Å². The molecule has 2 aromatic carbocycles. The first-order chi connectivity index (χ1) is 14.8. The van der Waals surface area contributed by atoms with Crippen molar-refractivity contribution in [2.45, 2.75) is 31.6 Å². The maximum Gasteiger partial charge on any atom is 0.233 e. The number of ether oxygens (including phenoxy) is 1. The van der Waals surface area contributed by atoms with Crippen LogP contribution in [0.5, 0.6) is 5.88 Å². The van der Waals surface area contributed by atoms with Crippen LogP contribution in [-0.4, -0.2) is 40.8 Å². The number of fused-ring (bicyclic) bond motifs is 2. The van der Waals surface area contributed by atoms with Crippen molar-refractivity contribution in [1.82, 2.24) is 14.5 Å². The van der Waals surface area contributed by atoms with E-state index >= 15 is 0 Å². The third-order valence-corrected chi connectivity index (χ3v) is 6.30. The second-order valence-corrected chi connectivity index (χ2v) is 8.33. The second kappa shape index (κ2) is 8.88. The monoisotopic (exact) mass is 399 g/mol. The van der Waals surface area contributed by atoms with Crippen molar-refractivity contribution in [2.75, 3.05) is 26.2 Å². The van der Waals surface area contributed by atoms with E-state index in [4.69, 9.17) is 4.74 Å². The Kier molecular flexibility index (Phi) is 5.67. The Morgan fingerprint density at radius 1 is 0.867 bits per heavy atom. The summed E-state index contributed by atoms with van der Waals surface area (Å²) in [6.07, 6.45) is 6.71. The summed E-state index contributed by atoms with van der Waals surface area (Å²) in [7, 11) is 0. The number of benzene rings is 2. The first kappa shape index (κ1) is 19.1. The van der Waals surface area contributed by atoms with Crippen molar-refractivity contribution in [2.24, 2.45) is 0 Å². The van der Waals surface area contributed by atoms with E-state index in [0.29, 0.717) is 5.92 Å². The topological polar surface area (TPSA) is 29.8 Å². The van der Waals surface area contributed by atoms with E-state index in [0.717, 1.165) is 24.4 Å². The fourth-order valence-corrected chi connectivity index (χ4v) is 4.55. The van der Waals surface area contributed by atoms with Gasteiger partial charge in [0.2, 0.25) is 5.88 Å². The van der Waals surface area contributed by atoms with Crippen LogP contribution in [0.25, 0.3) is 16.3 Å². The molecule has 0 unspecified atom stereocenters. The molecule has 2 aromatic heterocycles. The van der Waals surface area contributed by atoms with Gasteiger partial charge in [-0.25, -0.2) is 4.52 Å². The third kappa shape index (κ3) is 4.34. The molecule has 0 amide bonds. The Morgan fingerprint density at radius 3 is 2.57 bits per heavy atom. The van der Waals surface area contributed by atoms with Crippen LogP contribution in [0, 0.1) is 0 Å². The summed E-state index contributed by atoms with van der Waals surface area (Å²) in [6.45, 7) is 4.30. The minimum atomic E-state index is 0.698. The SMILES string of the molecule is c1ccc2cc(C3CCN(CCCCOc4cc5ccccn5n4)CC3)ccc2c1. The molecule has 4 nitrogen and oxygen atoms in total. The molecule has 4 heteroatoms. The Morgan fingerprint density at radius 2 is 1.70 bits per heavy atom. The molecule has 1 aliphatic rings. The van der Waals surface area contributed by atoms with Gasteiger partial charge < -0.3 is 9.64 Å². The molecule has 0 atom stereocenters. The zero-order valence-corrected chi connectivity index (χ0v) is 17.4. The van der Waals surface area contributed by atoms with Crippen LogP contribution in [0.2, 0.25) is 0 Å². The Labute approximate surface area is 178 Å². The normalized spacial score (nSPS) is 15.7. The molecule has 154 valence electrons. The molecule has 1 aliphatic heterocycles. The summed E-state index contributed by atoms with van der Waals surface area (Å²) in [4.78, 5) is 2.61. The molecule has 0 spiro atoms. The molecule has 3 heterocycles. The predicted molar refractivity (Wildman–Crippen MR) is 122 cm³/mol. The molecule has 1 saturated heterocycles. The standard InChI is InChI=1S/C26H29N3O/c1-2-8-23-19-24(11-10-21(23)7-1)22-12-16-28(17-13-22)14-5-6-18-30-26-20-25-9-3-4-15-29(25)27-26/h1-4,7-11,15,19-20,22H,5-6,12-14,16-18H2. The van der Waals surface area contributed by atoms with Crippen molar-refractivity contribution in [3.63, 3.8) is 0 Å². The number of unbranched alkanes of at least 4 members (excludes halogenated alkanes) is 1. The van der Waals surface area contributed by atoms with E-state index in [1.54, 1.807) is 0 Å². The highest BCUT2D eigenvalue weighted by molar-refractivity contribution is 5.83. The molecule has 0 aliphatic carbocycles. The van der Waals surface area contributed by atoms with Crippen LogP contribution in [0.1, 0.15) is 37.2 Å². The van der Waals surface area contributed by atoms with Crippen LogP contribution < -0.4 is 4.74 Å². The molecule has 30 heavy (non-hydrogen) atoms. The molecule has 0 saturated carbocycles. The smallest absolute Gasteiger partial charge is 0.233 e. The van der Waals surface area contributed by atoms with Crippen molar-refractivity contribution in [1.29, 1.82) is 0 Å². The fraction of sp³-hybridized carbons (Fsp3) is 0.346. The summed E-state index contributed by atoms with van der Waals surface area (Å²) in [5.74, 6) is 1.42. The van der Waals surface area contributed by atoms with Crippen LogP contribution in [0.15, 0.2) is 72.9 Å². The molecule has 1 fully saturated rings. The third-order valence-electron chi connectivity index (χ3n) is 6.30. The number of rotatable bonds is 7. The van der Waals surface area contributed by atoms with Gasteiger partial charge >= 0.3 is 0 Å². The number of piperidine rings is 1. The first-order valence-electron chi connectivity index (χ1n) is 11.1.